The van der Waals surface area contributed by atoms with Gasteiger partial charge in [0.05, 0.1) is 25.2 Å². The van der Waals surface area contributed by atoms with Crippen LogP contribution in [0.5, 0.6) is 0 Å². The molecular weight excluding hydrogens is 192 g/mol. The fourth-order valence-corrected chi connectivity index (χ4v) is 1.79. The normalized spacial score (nSPS) is 18.3. The summed E-state index contributed by atoms with van der Waals surface area (Å²) in [7, 11) is 1.98. The van der Waals surface area contributed by atoms with Crippen molar-refractivity contribution >= 4 is 5.82 Å². The Morgan fingerprint density at radius 1 is 1.53 bits per heavy atom. The fourth-order valence-electron chi connectivity index (χ4n) is 1.79. The average Bonchev–Trinajstić information content (AvgIpc) is 2.24. The zero-order valence-corrected chi connectivity index (χ0v) is 8.89. The van der Waals surface area contributed by atoms with Crippen LogP contribution in [0.25, 0.3) is 0 Å². The van der Waals surface area contributed by atoms with Crippen molar-refractivity contribution in [1.82, 2.24) is 4.98 Å². The summed E-state index contributed by atoms with van der Waals surface area (Å²) in [5.74, 6) is 0.928. The van der Waals surface area contributed by atoms with Gasteiger partial charge in [-0.1, -0.05) is 6.07 Å². The number of aliphatic hydroxyl groups is 1. The predicted molar refractivity (Wildman–Crippen MR) is 57.8 cm³/mol. The van der Waals surface area contributed by atoms with Crippen LogP contribution in [0.2, 0.25) is 0 Å². The summed E-state index contributed by atoms with van der Waals surface area (Å²) in [6, 6.07) is 5.82. The lowest BCUT2D eigenvalue weighted by Gasteiger charge is -2.42. The lowest BCUT2D eigenvalue weighted by Crippen LogP contribution is -2.52. The van der Waals surface area contributed by atoms with Crippen molar-refractivity contribution in [3.8, 4) is 0 Å². The topological polar surface area (TPSA) is 45.6 Å². The second-order valence-corrected chi connectivity index (χ2v) is 4.19. The molecule has 1 saturated heterocycles. The van der Waals surface area contributed by atoms with E-state index in [0.717, 1.165) is 12.4 Å². The van der Waals surface area contributed by atoms with Crippen LogP contribution in [-0.2, 0) is 4.74 Å². The van der Waals surface area contributed by atoms with Gasteiger partial charge in [-0.05, 0) is 12.1 Å². The maximum absolute atomic E-state index is 9.31. The molecule has 1 fully saturated rings. The van der Waals surface area contributed by atoms with E-state index < -0.39 is 0 Å². The zero-order valence-electron chi connectivity index (χ0n) is 8.89. The van der Waals surface area contributed by atoms with E-state index in [9.17, 15) is 5.11 Å². The van der Waals surface area contributed by atoms with Gasteiger partial charge in [-0.25, -0.2) is 4.98 Å². The zero-order chi connectivity index (χ0) is 10.7. The quantitative estimate of drug-likeness (QED) is 0.784. The Labute approximate surface area is 89.5 Å². The maximum Gasteiger partial charge on any atom is 0.128 e. The van der Waals surface area contributed by atoms with E-state index in [-0.39, 0.29) is 12.0 Å². The predicted octanol–water partition coefficient (Wildman–Crippen LogP) is 0.527. The minimum atomic E-state index is -0.0910. The largest absolute Gasteiger partial charge is 0.396 e. The van der Waals surface area contributed by atoms with Crippen molar-refractivity contribution in [2.75, 3.05) is 38.3 Å². The minimum absolute atomic E-state index is 0.0910. The average molecular weight is 208 g/mol. The van der Waals surface area contributed by atoms with E-state index in [1.165, 1.54) is 0 Å². The van der Waals surface area contributed by atoms with Crippen LogP contribution in [-0.4, -0.2) is 43.5 Å². The Hall–Kier alpha value is -1.13. The summed E-state index contributed by atoms with van der Waals surface area (Å²) in [6.07, 6.45) is 1.77. The molecule has 4 nitrogen and oxygen atoms in total. The first-order valence-corrected chi connectivity index (χ1v) is 5.07. The highest BCUT2D eigenvalue weighted by Gasteiger charge is 2.39. The standard InChI is InChI=1S/C11H16N2O2/c1-13(10-4-2-3-5-12-10)6-11(7-14)8-15-9-11/h2-5,14H,6-9H2,1H3. The van der Waals surface area contributed by atoms with Gasteiger partial charge < -0.3 is 14.7 Å². The molecule has 0 radical (unpaired) electrons. The van der Waals surface area contributed by atoms with Crippen LogP contribution in [0, 0.1) is 5.41 Å². The molecule has 0 aliphatic carbocycles. The molecule has 1 aromatic rings. The van der Waals surface area contributed by atoms with E-state index in [2.05, 4.69) is 9.88 Å². The highest BCUT2D eigenvalue weighted by molar-refractivity contribution is 5.37. The van der Waals surface area contributed by atoms with Crippen LogP contribution in [0.15, 0.2) is 24.4 Å². The first-order chi connectivity index (χ1) is 7.26. The van der Waals surface area contributed by atoms with E-state index in [1.807, 2.05) is 25.2 Å². The second-order valence-electron chi connectivity index (χ2n) is 4.19. The van der Waals surface area contributed by atoms with Gasteiger partial charge in [0.1, 0.15) is 5.82 Å². The minimum Gasteiger partial charge on any atom is -0.396 e. The van der Waals surface area contributed by atoms with Gasteiger partial charge in [-0.2, -0.15) is 0 Å². The molecule has 0 unspecified atom stereocenters. The molecule has 1 aliphatic heterocycles. The molecule has 15 heavy (non-hydrogen) atoms. The summed E-state index contributed by atoms with van der Waals surface area (Å²) in [5.41, 5.74) is -0.0910. The van der Waals surface area contributed by atoms with Crippen molar-refractivity contribution in [2.24, 2.45) is 5.41 Å². The van der Waals surface area contributed by atoms with Gasteiger partial charge in [0.25, 0.3) is 0 Å². The first kappa shape index (κ1) is 10.4. The molecule has 1 aliphatic rings. The first-order valence-electron chi connectivity index (χ1n) is 5.07. The molecule has 0 bridgehead atoms. The number of hydrogen-bond acceptors (Lipinski definition) is 4. The third kappa shape index (κ3) is 2.11. The molecule has 0 saturated carbocycles. The number of rotatable bonds is 4. The third-order valence-corrected chi connectivity index (χ3v) is 2.76. The number of ether oxygens (including phenoxy) is 1. The van der Waals surface area contributed by atoms with E-state index in [4.69, 9.17) is 4.74 Å². The number of hydrogen-bond donors (Lipinski definition) is 1. The molecule has 0 spiro atoms. The number of nitrogens with zero attached hydrogens (tertiary/aromatic N) is 2. The fraction of sp³-hybridized carbons (Fsp3) is 0.545. The van der Waals surface area contributed by atoms with Gasteiger partial charge in [0.15, 0.2) is 0 Å². The number of pyridine rings is 1. The van der Waals surface area contributed by atoms with E-state index >= 15 is 0 Å². The molecule has 2 heterocycles. The molecule has 2 rings (SSSR count). The monoisotopic (exact) mass is 208 g/mol. The van der Waals surface area contributed by atoms with E-state index in [1.54, 1.807) is 6.20 Å². The van der Waals surface area contributed by atoms with Crippen molar-refractivity contribution in [3.05, 3.63) is 24.4 Å². The molecule has 82 valence electrons. The Kier molecular flexibility index (Phi) is 2.88. The Morgan fingerprint density at radius 3 is 2.80 bits per heavy atom. The number of anilines is 1. The van der Waals surface area contributed by atoms with Crippen LogP contribution in [0.1, 0.15) is 0 Å². The second kappa shape index (κ2) is 4.16. The molecule has 4 heteroatoms. The van der Waals surface area contributed by atoms with Gasteiger partial charge in [0, 0.05) is 19.8 Å². The molecule has 0 amide bonds. The molecule has 0 atom stereocenters. The van der Waals surface area contributed by atoms with Crippen molar-refractivity contribution < 1.29 is 9.84 Å². The van der Waals surface area contributed by atoms with Crippen LogP contribution >= 0.6 is 0 Å². The Balaban J connectivity index is 2.00. The van der Waals surface area contributed by atoms with Crippen molar-refractivity contribution in [1.29, 1.82) is 0 Å². The molecule has 1 N–H and O–H groups in total. The number of aliphatic hydroxyl groups excluding tert-OH is 1. The van der Waals surface area contributed by atoms with Crippen LogP contribution in [0.3, 0.4) is 0 Å². The summed E-state index contributed by atoms with van der Waals surface area (Å²) in [5, 5.41) is 9.31. The van der Waals surface area contributed by atoms with Gasteiger partial charge in [-0.15, -0.1) is 0 Å². The maximum atomic E-state index is 9.31. The Morgan fingerprint density at radius 2 is 2.33 bits per heavy atom. The van der Waals surface area contributed by atoms with Crippen LogP contribution < -0.4 is 4.90 Å². The highest BCUT2D eigenvalue weighted by Crippen LogP contribution is 2.28. The smallest absolute Gasteiger partial charge is 0.128 e. The SMILES string of the molecule is CN(CC1(CO)COC1)c1ccccn1. The number of aromatic nitrogens is 1. The van der Waals surface area contributed by atoms with E-state index in [0.29, 0.717) is 13.2 Å². The Bertz CT molecular complexity index is 306. The lowest BCUT2D eigenvalue weighted by molar-refractivity contribution is -0.130. The van der Waals surface area contributed by atoms with Crippen molar-refractivity contribution in [2.45, 2.75) is 0 Å². The van der Waals surface area contributed by atoms with Gasteiger partial charge in [-0.3, -0.25) is 0 Å². The lowest BCUT2D eigenvalue weighted by atomic mass is 9.86. The summed E-state index contributed by atoms with van der Waals surface area (Å²) in [4.78, 5) is 6.31. The van der Waals surface area contributed by atoms with Gasteiger partial charge >= 0.3 is 0 Å². The molecule has 1 aromatic heterocycles. The summed E-state index contributed by atoms with van der Waals surface area (Å²) < 4.78 is 5.16. The summed E-state index contributed by atoms with van der Waals surface area (Å²) >= 11 is 0. The summed E-state index contributed by atoms with van der Waals surface area (Å²) in [6.45, 7) is 2.23. The molecule has 0 aromatic carbocycles. The van der Waals surface area contributed by atoms with Crippen LogP contribution in [0.4, 0.5) is 5.82 Å². The van der Waals surface area contributed by atoms with Crippen molar-refractivity contribution in [3.63, 3.8) is 0 Å². The third-order valence-electron chi connectivity index (χ3n) is 2.76. The highest BCUT2D eigenvalue weighted by atomic mass is 16.5. The van der Waals surface area contributed by atoms with Gasteiger partial charge in [0.2, 0.25) is 0 Å². The molecular formula is C11H16N2O2.